The van der Waals surface area contributed by atoms with Crippen LogP contribution in [-0.4, -0.2) is 52.4 Å². The van der Waals surface area contributed by atoms with Crippen LogP contribution in [-0.2, 0) is 4.74 Å². The Morgan fingerprint density at radius 3 is 2.59 bits per heavy atom. The first kappa shape index (κ1) is 17.2. The van der Waals surface area contributed by atoms with Gasteiger partial charge in [-0.3, -0.25) is 14.0 Å². The summed E-state index contributed by atoms with van der Waals surface area (Å²) < 4.78 is 20.7. The largest absolute Gasteiger partial charge is 0.378 e. The van der Waals surface area contributed by atoms with Gasteiger partial charge < -0.3 is 15.0 Å². The summed E-state index contributed by atoms with van der Waals surface area (Å²) in [5.41, 5.74) is 0.596. The summed E-state index contributed by atoms with van der Waals surface area (Å²) >= 11 is 0. The van der Waals surface area contributed by atoms with Crippen LogP contribution in [0, 0.1) is 5.82 Å². The number of aromatic nitrogens is 2. The van der Waals surface area contributed by atoms with Gasteiger partial charge in [0.05, 0.1) is 24.4 Å². The van der Waals surface area contributed by atoms with E-state index in [0.717, 1.165) is 0 Å². The predicted octanol–water partition coefficient (Wildman–Crippen LogP) is 2.20. The minimum absolute atomic E-state index is 0.0561. The molecular formula is C19H17FN4O3. The van der Waals surface area contributed by atoms with Crippen LogP contribution >= 0.6 is 0 Å². The molecule has 1 aromatic carbocycles. The highest BCUT2D eigenvalue weighted by atomic mass is 19.1. The highest BCUT2D eigenvalue weighted by Gasteiger charge is 2.26. The normalized spacial score (nSPS) is 14.3. The van der Waals surface area contributed by atoms with E-state index in [0.29, 0.717) is 31.8 Å². The minimum Gasteiger partial charge on any atom is -0.378 e. The number of carbonyl (C=O) groups excluding carboxylic acids is 2. The molecule has 3 heterocycles. The summed E-state index contributed by atoms with van der Waals surface area (Å²) in [4.78, 5) is 31.5. The third-order valence-electron chi connectivity index (χ3n) is 4.38. The van der Waals surface area contributed by atoms with Gasteiger partial charge in [0.15, 0.2) is 5.69 Å². The van der Waals surface area contributed by atoms with E-state index in [1.165, 1.54) is 18.2 Å². The number of para-hydroxylation sites is 1. The van der Waals surface area contributed by atoms with Gasteiger partial charge in [-0.05, 0) is 24.3 Å². The van der Waals surface area contributed by atoms with Crippen molar-refractivity contribution >= 4 is 23.0 Å². The van der Waals surface area contributed by atoms with Crippen LogP contribution in [0.2, 0.25) is 0 Å². The molecule has 4 rings (SSSR count). The lowest BCUT2D eigenvalue weighted by atomic mass is 10.2. The van der Waals surface area contributed by atoms with E-state index in [1.807, 2.05) is 0 Å². The molecule has 0 aliphatic carbocycles. The minimum atomic E-state index is -0.579. The Kier molecular flexibility index (Phi) is 4.55. The van der Waals surface area contributed by atoms with Crippen molar-refractivity contribution in [3.63, 3.8) is 0 Å². The fourth-order valence-corrected chi connectivity index (χ4v) is 3.01. The van der Waals surface area contributed by atoms with E-state index < -0.39 is 11.7 Å². The third kappa shape index (κ3) is 3.26. The number of amides is 2. The standard InChI is InChI=1S/C19H17FN4O3/c20-13-5-1-2-6-14(13)21-18(25)16-15-7-3-4-8-24(15)17(22-16)19(26)23-9-11-27-12-10-23/h1-8H,9-12H2,(H,21,25). The molecule has 1 aliphatic rings. The number of rotatable bonds is 3. The van der Waals surface area contributed by atoms with Crippen LogP contribution in [0.1, 0.15) is 21.1 Å². The summed E-state index contributed by atoms with van der Waals surface area (Å²) in [6.07, 6.45) is 1.68. The van der Waals surface area contributed by atoms with Gasteiger partial charge in [0.1, 0.15) is 5.82 Å². The Hall–Kier alpha value is -3.26. The molecule has 0 radical (unpaired) electrons. The van der Waals surface area contributed by atoms with Crippen molar-refractivity contribution in [1.29, 1.82) is 0 Å². The molecule has 0 atom stereocenters. The van der Waals surface area contributed by atoms with Crippen LogP contribution in [0.3, 0.4) is 0 Å². The molecule has 1 N–H and O–H groups in total. The highest BCUT2D eigenvalue weighted by molar-refractivity contribution is 6.09. The van der Waals surface area contributed by atoms with Crippen molar-refractivity contribution in [3.05, 3.63) is 66.0 Å². The Bertz CT molecular complexity index is 1010. The first-order valence-electron chi connectivity index (χ1n) is 8.55. The topological polar surface area (TPSA) is 75.9 Å². The zero-order valence-electron chi connectivity index (χ0n) is 14.4. The van der Waals surface area contributed by atoms with Crippen molar-refractivity contribution in [2.24, 2.45) is 0 Å². The first-order chi connectivity index (χ1) is 13.1. The molecule has 8 heteroatoms. The smallest absolute Gasteiger partial charge is 0.290 e. The fraction of sp³-hybridized carbons (Fsp3) is 0.211. The molecule has 138 valence electrons. The van der Waals surface area contributed by atoms with Crippen LogP contribution in [0.5, 0.6) is 0 Å². The van der Waals surface area contributed by atoms with Crippen molar-refractivity contribution < 1.29 is 18.7 Å². The van der Waals surface area contributed by atoms with E-state index in [1.54, 1.807) is 39.8 Å². The van der Waals surface area contributed by atoms with Gasteiger partial charge in [0.2, 0.25) is 5.82 Å². The number of fused-ring (bicyclic) bond motifs is 1. The summed E-state index contributed by atoms with van der Waals surface area (Å²) in [6, 6.07) is 11.1. The van der Waals surface area contributed by atoms with Crippen LogP contribution in [0.4, 0.5) is 10.1 Å². The quantitative estimate of drug-likeness (QED) is 0.769. The SMILES string of the molecule is O=C(Nc1ccccc1F)c1nc(C(=O)N2CCOCC2)n2ccccc12. The third-order valence-corrected chi connectivity index (χ3v) is 4.38. The van der Waals surface area contributed by atoms with Gasteiger partial charge in [-0.25, -0.2) is 9.37 Å². The second kappa shape index (κ2) is 7.16. The van der Waals surface area contributed by atoms with Crippen molar-refractivity contribution in [2.75, 3.05) is 31.6 Å². The molecule has 1 fully saturated rings. The molecule has 1 aliphatic heterocycles. The molecule has 2 amide bonds. The Morgan fingerprint density at radius 1 is 1.07 bits per heavy atom. The zero-order valence-corrected chi connectivity index (χ0v) is 14.4. The number of pyridine rings is 1. The van der Waals surface area contributed by atoms with Gasteiger partial charge in [-0.15, -0.1) is 0 Å². The number of carbonyl (C=O) groups is 2. The van der Waals surface area contributed by atoms with Crippen LogP contribution in [0.25, 0.3) is 5.52 Å². The molecule has 0 unspecified atom stereocenters. The molecule has 0 bridgehead atoms. The number of nitrogens with zero attached hydrogens (tertiary/aromatic N) is 3. The van der Waals surface area contributed by atoms with Gasteiger partial charge in [-0.2, -0.15) is 0 Å². The number of nitrogens with one attached hydrogen (secondary N) is 1. The summed E-state index contributed by atoms with van der Waals surface area (Å²) in [6.45, 7) is 1.88. The molecule has 7 nitrogen and oxygen atoms in total. The van der Waals surface area contributed by atoms with Gasteiger partial charge in [0, 0.05) is 19.3 Å². The number of imidazole rings is 1. The number of hydrogen-bond donors (Lipinski definition) is 1. The van der Waals surface area contributed by atoms with Gasteiger partial charge in [0.25, 0.3) is 11.8 Å². The average molecular weight is 368 g/mol. The molecular weight excluding hydrogens is 351 g/mol. The molecule has 27 heavy (non-hydrogen) atoms. The van der Waals surface area contributed by atoms with Crippen LogP contribution in [0.15, 0.2) is 48.7 Å². The van der Waals surface area contributed by atoms with Crippen molar-refractivity contribution in [2.45, 2.75) is 0 Å². The monoisotopic (exact) mass is 368 g/mol. The average Bonchev–Trinajstić information content (AvgIpc) is 3.10. The number of hydrogen-bond acceptors (Lipinski definition) is 4. The van der Waals surface area contributed by atoms with Gasteiger partial charge >= 0.3 is 0 Å². The summed E-state index contributed by atoms with van der Waals surface area (Å²) in [5, 5.41) is 2.52. The Morgan fingerprint density at radius 2 is 1.81 bits per heavy atom. The molecule has 2 aromatic heterocycles. The maximum atomic E-state index is 13.8. The van der Waals surface area contributed by atoms with Crippen molar-refractivity contribution in [1.82, 2.24) is 14.3 Å². The Balaban J connectivity index is 1.70. The Labute approximate surface area is 154 Å². The molecule has 1 saturated heterocycles. The number of benzene rings is 1. The lowest BCUT2D eigenvalue weighted by Crippen LogP contribution is -2.41. The van der Waals surface area contributed by atoms with Crippen LogP contribution < -0.4 is 5.32 Å². The number of anilines is 1. The second-order valence-corrected chi connectivity index (χ2v) is 6.08. The predicted molar refractivity (Wildman–Crippen MR) is 96.3 cm³/mol. The number of ether oxygens (including phenoxy) is 1. The summed E-state index contributed by atoms with van der Waals surface area (Å²) in [5.74, 6) is -1.25. The van der Waals surface area contributed by atoms with E-state index in [4.69, 9.17) is 4.74 Å². The maximum absolute atomic E-state index is 13.8. The molecule has 0 spiro atoms. The van der Waals surface area contributed by atoms with E-state index in [9.17, 15) is 14.0 Å². The zero-order chi connectivity index (χ0) is 18.8. The molecule has 0 saturated carbocycles. The fourth-order valence-electron chi connectivity index (χ4n) is 3.01. The summed E-state index contributed by atoms with van der Waals surface area (Å²) in [7, 11) is 0. The second-order valence-electron chi connectivity index (χ2n) is 6.08. The lowest BCUT2D eigenvalue weighted by Gasteiger charge is -2.26. The maximum Gasteiger partial charge on any atom is 0.290 e. The van der Waals surface area contributed by atoms with E-state index in [-0.39, 0.29) is 23.1 Å². The molecule has 3 aromatic rings. The number of halogens is 1. The lowest BCUT2D eigenvalue weighted by molar-refractivity contribution is 0.0294. The van der Waals surface area contributed by atoms with E-state index in [2.05, 4.69) is 10.3 Å². The van der Waals surface area contributed by atoms with Crippen molar-refractivity contribution in [3.8, 4) is 0 Å². The number of morpholine rings is 1. The van der Waals surface area contributed by atoms with Gasteiger partial charge in [-0.1, -0.05) is 18.2 Å². The first-order valence-corrected chi connectivity index (χ1v) is 8.55. The highest BCUT2D eigenvalue weighted by Crippen LogP contribution is 2.19. The van der Waals surface area contributed by atoms with E-state index >= 15 is 0 Å².